The first kappa shape index (κ1) is 93.7. The Morgan fingerprint density at radius 1 is 0.296 bits per heavy atom. The molecule has 5 atom stereocenters. The second kappa shape index (κ2) is 71.1. The van der Waals surface area contributed by atoms with Crippen molar-refractivity contribution in [1.82, 2.24) is 0 Å². The van der Waals surface area contributed by atoms with Crippen LogP contribution >= 0.6 is 15.6 Å². The molecule has 0 bridgehead atoms. The topological polar surface area (TPSA) is 237 Å². The second-order valence-corrected chi connectivity index (χ2v) is 28.1. The van der Waals surface area contributed by atoms with E-state index in [-0.39, 0.29) is 25.7 Å². The van der Waals surface area contributed by atoms with Gasteiger partial charge in [0.25, 0.3) is 0 Å². The Labute approximate surface area is 594 Å². The molecule has 0 heterocycles. The van der Waals surface area contributed by atoms with Gasteiger partial charge in [-0.1, -0.05) is 272 Å². The Balaban J connectivity index is 5.39. The van der Waals surface area contributed by atoms with Gasteiger partial charge < -0.3 is 33.8 Å². The van der Waals surface area contributed by atoms with Crippen molar-refractivity contribution in [2.75, 3.05) is 39.6 Å². The Kier molecular flexibility index (Phi) is 68.0. The number of aliphatic hydroxyl groups is 1. The molecule has 0 spiro atoms. The van der Waals surface area contributed by atoms with Crippen molar-refractivity contribution in [2.24, 2.45) is 0 Å². The summed E-state index contributed by atoms with van der Waals surface area (Å²) in [5.41, 5.74) is 0. The molecule has 5 unspecified atom stereocenters. The SMILES string of the molecule is CC/C=C\C/C=C\C/C=C\C/C=C\C/C=C\CCCC(=O)OCC(COP(=O)(O)OCC(O)COP(=O)(O)OCC(COC(=O)CCCCCCC/C=C\CCCCCC)OC(=O)CCCCCCCCCCCCC)OC(=O)CCCCCCCCC/C=C\C/C=C\C/C=C\CC. The lowest BCUT2D eigenvalue weighted by molar-refractivity contribution is -0.161. The van der Waals surface area contributed by atoms with Gasteiger partial charge in [0.05, 0.1) is 26.4 Å². The summed E-state index contributed by atoms with van der Waals surface area (Å²) in [7, 11) is -9.96. The van der Waals surface area contributed by atoms with Crippen LogP contribution in [0.2, 0.25) is 0 Å². The third kappa shape index (κ3) is 70.2. The van der Waals surface area contributed by atoms with Crippen LogP contribution in [0.4, 0.5) is 0 Å². The summed E-state index contributed by atoms with van der Waals surface area (Å²) in [4.78, 5) is 72.8. The van der Waals surface area contributed by atoms with Crippen molar-refractivity contribution in [3.63, 3.8) is 0 Å². The number of allylic oxidation sites excluding steroid dienone is 18. The normalized spacial score (nSPS) is 14.6. The van der Waals surface area contributed by atoms with Crippen LogP contribution < -0.4 is 0 Å². The number of hydrogen-bond donors (Lipinski definition) is 3. The molecule has 0 amide bonds. The summed E-state index contributed by atoms with van der Waals surface area (Å²) in [5, 5.41) is 10.6. The predicted molar refractivity (Wildman–Crippen MR) is 399 cm³/mol. The zero-order chi connectivity index (χ0) is 71.8. The standard InChI is InChI=1S/C79H136O17P2/c1-5-9-13-17-21-25-29-32-34-36-38-41-45-48-52-56-60-64-77(82)90-70-75(96-79(84)66-62-58-54-50-46-42-39-37-35-33-30-26-22-18-14-10-6-2)72-94-98(87,88)92-68-73(80)67-91-97(85,86)93-71-74(95-78(83)65-61-57-53-49-43-28-24-20-16-12-8-4)69-89-76(81)63-59-55-51-47-44-40-31-27-23-19-15-11-7-3/h9-10,13-14,21-22,25-27,31-35,38,41,48,52,73-75,80H,5-8,11-12,15-20,23-24,28-30,36-37,39-40,42-47,49-51,53-72H2,1-4H3,(H,85,86)(H,87,88)/b13-9-,14-10-,25-21-,26-22-,31-27-,34-32-,35-33-,41-38-,52-48-. The number of aliphatic hydroxyl groups excluding tert-OH is 1. The van der Waals surface area contributed by atoms with Gasteiger partial charge in [0.15, 0.2) is 12.2 Å². The van der Waals surface area contributed by atoms with Gasteiger partial charge in [0, 0.05) is 25.7 Å². The average molecular weight is 1420 g/mol. The van der Waals surface area contributed by atoms with Gasteiger partial charge in [-0.15, -0.1) is 0 Å². The minimum Gasteiger partial charge on any atom is -0.462 e. The van der Waals surface area contributed by atoms with E-state index >= 15 is 0 Å². The molecule has 0 aliphatic heterocycles. The first-order valence-electron chi connectivity index (χ1n) is 38.1. The lowest BCUT2D eigenvalue weighted by Crippen LogP contribution is -2.30. The molecular weight excluding hydrogens is 1280 g/mol. The number of carbonyl (C=O) groups is 4. The molecule has 0 radical (unpaired) electrons. The van der Waals surface area contributed by atoms with Crippen molar-refractivity contribution >= 4 is 39.5 Å². The first-order chi connectivity index (χ1) is 47.7. The fourth-order valence-electron chi connectivity index (χ4n) is 9.97. The lowest BCUT2D eigenvalue weighted by Gasteiger charge is -2.21. The number of rotatable bonds is 71. The van der Waals surface area contributed by atoms with Crippen LogP contribution in [0.5, 0.6) is 0 Å². The van der Waals surface area contributed by atoms with E-state index in [9.17, 15) is 43.2 Å². The molecule has 0 saturated heterocycles. The highest BCUT2D eigenvalue weighted by Crippen LogP contribution is 2.45. The molecule has 0 aromatic heterocycles. The molecule has 0 rings (SSSR count). The van der Waals surface area contributed by atoms with Crippen LogP contribution in [0, 0.1) is 0 Å². The van der Waals surface area contributed by atoms with Gasteiger partial charge in [-0.3, -0.25) is 37.3 Å². The van der Waals surface area contributed by atoms with Crippen molar-refractivity contribution in [3.8, 4) is 0 Å². The maximum absolute atomic E-state index is 13.1. The largest absolute Gasteiger partial charge is 0.472 e. The second-order valence-electron chi connectivity index (χ2n) is 25.2. The number of ether oxygens (including phenoxy) is 4. The van der Waals surface area contributed by atoms with Crippen molar-refractivity contribution in [2.45, 2.75) is 329 Å². The first-order valence-corrected chi connectivity index (χ1v) is 41.1. The van der Waals surface area contributed by atoms with Gasteiger partial charge >= 0.3 is 39.5 Å². The van der Waals surface area contributed by atoms with Crippen LogP contribution in [-0.4, -0.2) is 96.7 Å². The smallest absolute Gasteiger partial charge is 0.462 e. The van der Waals surface area contributed by atoms with Crippen LogP contribution in [-0.2, 0) is 65.4 Å². The highest BCUT2D eigenvalue weighted by molar-refractivity contribution is 7.47. The minimum absolute atomic E-state index is 0.0701. The molecule has 3 N–H and O–H groups in total. The molecular formula is C79H136O17P2. The Bertz CT molecular complexity index is 2290. The fourth-order valence-corrected chi connectivity index (χ4v) is 11.5. The highest BCUT2D eigenvalue weighted by atomic mass is 31.2. The summed E-state index contributed by atoms with van der Waals surface area (Å²) in [5.74, 6) is -2.25. The summed E-state index contributed by atoms with van der Waals surface area (Å²) >= 11 is 0. The number of unbranched alkanes of at least 4 members (excludes halogenated alkanes) is 27. The van der Waals surface area contributed by atoms with Crippen molar-refractivity contribution in [1.29, 1.82) is 0 Å². The Morgan fingerprint density at radius 2 is 0.541 bits per heavy atom. The molecule has 0 saturated carbocycles. The third-order valence-electron chi connectivity index (χ3n) is 15.7. The number of esters is 4. The molecule has 98 heavy (non-hydrogen) atoms. The van der Waals surface area contributed by atoms with E-state index in [1.165, 1.54) is 64.2 Å². The van der Waals surface area contributed by atoms with Gasteiger partial charge in [-0.25, -0.2) is 9.13 Å². The molecule has 564 valence electrons. The summed E-state index contributed by atoms with van der Waals surface area (Å²) in [6, 6.07) is 0. The summed E-state index contributed by atoms with van der Waals surface area (Å²) in [6.07, 6.45) is 75.2. The minimum atomic E-state index is -4.99. The Hall–Kier alpha value is -4.28. The monoisotopic (exact) mass is 1420 g/mol. The van der Waals surface area contributed by atoms with Crippen LogP contribution in [0.25, 0.3) is 0 Å². The maximum atomic E-state index is 13.1. The molecule has 17 nitrogen and oxygen atoms in total. The number of hydrogen-bond acceptors (Lipinski definition) is 15. The number of phosphoric ester groups is 2. The maximum Gasteiger partial charge on any atom is 0.472 e. The molecule has 19 heteroatoms. The molecule has 0 aliphatic carbocycles. The Morgan fingerprint density at radius 3 is 0.878 bits per heavy atom. The highest BCUT2D eigenvalue weighted by Gasteiger charge is 2.30. The van der Waals surface area contributed by atoms with E-state index in [2.05, 4.69) is 125 Å². The van der Waals surface area contributed by atoms with E-state index in [4.69, 9.17) is 37.0 Å². The zero-order valence-corrected chi connectivity index (χ0v) is 63.2. The lowest BCUT2D eigenvalue weighted by atomic mass is 10.1. The van der Waals surface area contributed by atoms with Crippen LogP contribution in [0.1, 0.15) is 310 Å². The van der Waals surface area contributed by atoms with Gasteiger partial charge in [0.1, 0.15) is 19.3 Å². The number of phosphoric acid groups is 2. The van der Waals surface area contributed by atoms with Crippen LogP contribution in [0.15, 0.2) is 109 Å². The zero-order valence-electron chi connectivity index (χ0n) is 61.4. The van der Waals surface area contributed by atoms with Gasteiger partial charge in [0.2, 0.25) is 0 Å². The molecule has 0 fully saturated rings. The van der Waals surface area contributed by atoms with Crippen LogP contribution in [0.3, 0.4) is 0 Å². The van der Waals surface area contributed by atoms with Gasteiger partial charge in [-0.2, -0.15) is 0 Å². The summed E-state index contributed by atoms with van der Waals surface area (Å²) in [6.45, 7) is 4.56. The van der Waals surface area contributed by atoms with Crippen molar-refractivity contribution in [3.05, 3.63) is 109 Å². The number of carbonyl (C=O) groups excluding carboxylic acids is 4. The molecule has 0 aliphatic rings. The van der Waals surface area contributed by atoms with E-state index in [0.29, 0.717) is 32.1 Å². The quantitative estimate of drug-likeness (QED) is 0.0169. The van der Waals surface area contributed by atoms with E-state index in [1.54, 1.807) is 0 Å². The van der Waals surface area contributed by atoms with E-state index in [0.717, 1.165) is 161 Å². The summed E-state index contributed by atoms with van der Waals surface area (Å²) < 4.78 is 68.4. The van der Waals surface area contributed by atoms with Gasteiger partial charge in [-0.05, 0) is 122 Å². The van der Waals surface area contributed by atoms with E-state index in [1.807, 2.05) is 12.2 Å². The van der Waals surface area contributed by atoms with Crippen molar-refractivity contribution < 1.29 is 80.2 Å². The van der Waals surface area contributed by atoms with E-state index < -0.39 is 97.5 Å². The molecule has 0 aromatic rings. The average Bonchev–Trinajstić information content (AvgIpc) is 0.980. The third-order valence-corrected chi connectivity index (χ3v) is 17.6. The fraction of sp³-hybridized carbons (Fsp3) is 0.722. The molecule has 0 aromatic carbocycles. The predicted octanol–water partition coefficient (Wildman–Crippen LogP) is 21.8.